The van der Waals surface area contributed by atoms with Crippen molar-refractivity contribution in [1.29, 1.82) is 0 Å². The van der Waals surface area contributed by atoms with Crippen molar-refractivity contribution in [2.75, 3.05) is 26.3 Å². The maximum absolute atomic E-state index is 12.6. The standard InChI is InChI=1S/C16H23N3O2/c20-16(14-3-1-2-4-14)19-7-8-21-12-13(11-19)9-15-10-17-5-6-18-15/h5-6,10,13-14H,1-4,7-9,11-12H2. The van der Waals surface area contributed by atoms with Crippen molar-refractivity contribution in [2.24, 2.45) is 11.8 Å². The monoisotopic (exact) mass is 289 g/mol. The smallest absolute Gasteiger partial charge is 0.225 e. The van der Waals surface area contributed by atoms with Crippen LogP contribution in [0, 0.1) is 11.8 Å². The molecule has 0 radical (unpaired) electrons. The predicted octanol–water partition coefficient (Wildman–Crippen LogP) is 1.68. The molecule has 1 saturated heterocycles. The molecular formula is C16H23N3O2. The van der Waals surface area contributed by atoms with Crippen molar-refractivity contribution in [3.63, 3.8) is 0 Å². The van der Waals surface area contributed by atoms with Crippen molar-refractivity contribution in [2.45, 2.75) is 32.1 Å². The van der Waals surface area contributed by atoms with Gasteiger partial charge in [-0.2, -0.15) is 0 Å². The van der Waals surface area contributed by atoms with Crippen LogP contribution < -0.4 is 0 Å². The predicted molar refractivity (Wildman–Crippen MR) is 78.6 cm³/mol. The Hall–Kier alpha value is -1.49. The van der Waals surface area contributed by atoms with Gasteiger partial charge in [-0.05, 0) is 19.3 Å². The lowest BCUT2D eigenvalue weighted by molar-refractivity contribution is -0.135. The first kappa shape index (κ1) is 14.4. The highest BCUT2D eigenvalue weighted by Gasteiger charge is 2.30. The van der Waals surface area contributed by atoms with Gasteiger partial charge in [-0.15, -0.1) is 0 Å². The lowest BCUT2D eigenvalue weighted by Crippen LogP contribution is -2.39. The zero-order valence-corrected chi connectivity index (χ0v) is 12.4. The first-order valence-corrected chi connectivity index (χ1v) is 7.94. The van der Waals surface area contributed by atoms with Crippen LogP contribution in [0.2, 0.25) is 0 Å². The molecule has 2 aliphatic rings. The van der Waals surface area contributed by atoms with Crippen LogP contribution in [0.25, 0.3) is 0 Å². The van der Waals surface area contributed by atoms with Crippen molar-refractivity contribution < 1.29 is 9.53 Å². The minimum absolute atomic E-state index is 0.250. The molecule has 0 spiro atoms. The normalized spacial score (nSPS) is 24.0. The summed E-state index contributed by atoms with van der Waals surface area (Å²) in [5, 5.41) is 0. The molecule has 1 amide bonds. The van der Waals surface area contributed by atoms with Crippen molar-refractivity contribution in [3.05, 3.63) is 24.3 Å². The largest absolute Gasteiger partial charge is 0.379 e. The molecule has 2 heterocycles. The Labute approximate surface area is 125 Å². The molecule has 1 saturated carbocycles. The molecule has 1 unspecified atom stereocenters. The van der Waals surface area contributed by atoms with Crippen LogP contribution in [0.15, 0.2) is 18.6 Å². The first-order valence-electron chi connectivity index (χ1n) is 7.94. The molecule has 2 fully saturated rings. The van der Waals surface area contributed by atoms with Crippen LogP contribution in [-0.2, 0) is 16.0 Å². The van der Waals surface area contributed by atoms with Crippen molar-refractivity contribution >= 4 is 5.91 Å². The van der Waals surface area contributed by atoms with Crippen LogP contribution in [0.3, 0.4) is 0 Å². The Balaban J connectivity index is 1.61. The molecule has 3 rings (SSSR count). The lowest BCUT2D eigenvalue weighted by Gasteiger charge is -2.26. The van der Waals surface area contributed by atoms with Gasteiger partial charge in [0.2, 0.25) is 5.91 Å². The van der Waals surface area contributed by atoms with Crippen LogP contribution >= 0.6 is 0 Å². The van der Waals surface area contributed by atoms with Crippen LogP contribution in [-0.4, -0.2) is 47.1 Å². The third-order valence-corrected chi connectivity index (χ3v) is 4.47. The Bertz CT molecular complexity index is 460. The molecular weight excluding hydrogens is 266 g/mol. The molecule has 5 heteroatoms. The van der Waals surface area contributed by atoms with Crippen molar-refractivity contribution in [3.8, 4) is 0 Å². The van der Waals surface area contributed by atoms with Crippen LogP contribution in [0.1, 0.15) is 31.4 Å². The highest BCUT2D eigenvalue weighted by molar-refractivity contribution is 5.79. The van der Waals surface area contributed by atoms with E-state index in [0.29, 0.717) is 25.0 Å². The molecule has 1 aliphatic carbocycles. The topological polar surface area (TPSA) is 55.3 Å². The summed E-state index contributed by atoms with van der Waals surface area (Å²) in [6.07, 6.45) is 10.5. The molecule has 0 bridgehead atoms. The lowest BCUT2D eigenvalue weighted by atomic mass is 10.0. The summed E-state index contributed by atoms with van der Waals surface area (Å²) in [4.78, 5) is 23.0. The minimum Gasteiger partial charge on any atom is -0.379 e. The summed E-state index contributed by atoms with van der Waals surface area (Å²) in [5.41, 5.74) is 0.973. The Morgan fingerprint density at radius 3 is 2.95 bits per heavy atom. The fourth-order valence-electron chi connectivity index (χ4n) is 3.37. The van der Waals surface area contributed by atoms with E-state index in [2.05, 4.69) is 9.97 Å². The number of ether oxygens (including phenoxy) is 1. The highest BCUT2D eigenvalue weighted by atomic mass is 16.5. The van der Waals surface area contributed by atoms with Gasteiger partial charge in [-0.3, -0.25) is 14.8 Å². The summed E-state index contributed by atoms with van der Waals surface area (Å²) in [6.45, 7) is 2.86. The maximum atomic E-state index is 12.6. The highest BCUT2D eigenvalue weighted by Crippen LogP contribution is 2.27. The first-order chi connectivity index (χ1) is 10.3. The SMILES string of the molecule is O=C(C1CCCC1)N1CCOCC(Cc2cnccn2)C1. The zero-order chi connectivity index (χ0) is 14.5. The Kier molecular flexibility index (Phi) is 4.80. The van der Waals surface area contributed by atoms with Gasteiger partial charge in [-0.25, -0.2) is 0 Å². The third-order valence-electron chi connectivity index (χ3n) is 4.47. The van der Waals surface area contributed by atoms with Gasteiger partial charge in [-0.1, -0.05) is 12.8 Å². The van der Waals surface area contributed by atoms with Gasteiger partial charge in [0, 0.05) is 43.5 Å². The van der Waals surface area contributed by atoms with E-state index in [-0.39, 0.29) is 5.92 Å². The fourth-order valence-corrected chi connectivity index (χ4v) is 3.37. The molecule has 0 aromatic carbocycles. The second-order valence-electron chi connectivity index (χ2n) is 6.11. The quantitative estimate of drug-likeness (QED) is 0.849. The Morgan fingerprint density at radius 2 is 2.19 bits per heavy atom. The van der Waals surface area contributed by atoms with Crippen molar-refractivity contribution in [1.82, 2.24) is 14.9 Å². The van der Waals surface area contributed by atoms with Crippen LogP contribution in [0.5, 0.6) is 0 Å². The van der Waals surface area contributed by atoms with E-state index in [1.54, 1.807) is 18.6 Å². The van der Waals surface area contributed by atoms with E-state index in [4.69, 9.17) is 4.74 Å². The van der Waals surface area contributed by atoms with E-state index >= 15 is 0 Å². The number of carbonyl (C=O) groups excluding carboxylic acids is 1. The average Bonchev–Trinajstić information content (AvgIpc) is 2.95. The third kappa shape index (κ3) is 3.79. The van der Waals surface area contributed by atoms with Gasteiger partial charge < -0.3 is 9.64 Å². The number of amides is 1. The molecule has 21 heavy (non-hydrogen) atoms. The second-order valence-corrected chi connectivity index (χ2v) is 6.11. The average molecular weight is 289 g/mol. The summed E-state index contributed by atoms with van der Waals surface area (Å²) < 4.78 is 5.68. The zero-order valence-electron chi connectivity index (χ0n) is 12.4. The Morgan fingerprint density at radius 1 is 1.33 bits per heavy atom. The number of hydrogen-bond donors (Lipinski definition) is 0. The molecule has 5 nitrogen and oxygen atoms in total. The maximum Gasteiger partial charge on any atom is 0.225 e. The number of rotatable bonds is 3. The van der Waals surface area contributed by atoms with Gasteiger partial charge in [0.1, 0.15) is 0 Å². The molecule has 0 N–H and O–H groups in total. The molecule has 1 aliphatic heterocycles. The molecule has 1 aromatic heterocycles. The number of hydrogen-bond acceptors (Lipinski definition) is 4. The summed E-state index contributed by atoms with van der Waals surface area (Å²) in [7, 11) is 0. The molecule has 1 atom stereocenters. The summed E-state index contributed by atoms with van der Waals surface area (Å²) >= 11 is 0. The summed E-state index contributed by atoms with van der Waals surface area (Å²) in [6, 6.07) is 0. The number of aromatic nitrogens is 2. The van der Waals surface area contributed by atoms with Gasteiger partial charge in [0.05, 0.1) is 18.9 Å². The second kappa shape index (κ2) is 6.98. The van der Waals surface area contributed by atoms with E-state index in [1.165, 1.54) is 12.8 Å². The van der Waals surface area contributed by atoms with E-state index < -0.39 is 0 Å². The number of nitrogens with zero attached hydrogens (tertiary/aromatic N) is 3. The fraction of sp³-hybridized carbons (Fsp3) is 0.688. The minimum atomic E-state index is 0.250. The molecule has 114 valence electrons. The molecule has 1 aromatic rings. The van der Waals surface area contributed by atoms with Gasteiger partial charge in [0.25, 0.3) is 0 Å². The van der Waals surface area contributed by atoms with E-state index in [1.807, 2.05) is 4.90 Å². The van der Waals surface area contributed by atoms with Gasteiger partial charge in [0.15, 0.2) is 0 Å². The van der Waals surface area contributed by atoms with E-state index in [0.717, 1.165) is 38.0 Å². The summed E-state index contributed by atoms with van der Waals surface area (Å²) in [5.74, 6) is 0.900. The van der Waals surface area contributed by atoms with Gasteiger partial charge >= 0.3 is 0 Å². The van der Waals surface area contributed by atoms with Crippen LogP contribution in [0.4, 0.5) is 0 Å². The number of carbonyl (C=O) groups is 1. The van der Waals surface area contributed by atoms with E-state index in [9.17, 15) is 4.79 Å².